The molecule has 1 atom stereocenters. The quantitative estimate of drug-likeness (QED) is 0.497. The summed E-state index contributed by atoms with van der Waals surface area (Å²) in [5.74, 6) is -2.75. The maximum Gasteiger partial charge on any atom is 0.450 e. The van der Waals surface area contributed by atoms with Gasteiger partial charge in [0, 0.05) is 5.56 Å². The average Bonchev–Trinajstić information content (AvgIpc) is 2.65. The minimum absolute atomic E-state index is 0.0565. The molecule has 1 aromatic rings. The third kappa shape index (κ3) is 3.42. The zero-order chi connectivity index (χ0) is 21.0. The van der Waals surface area contributed by atoms with Crippen molar-refractivity contribution in [1.29, 1.82) is 0 Å². The van der Waals surface area contributed by atoms with Crippen LogP contribution in [0.25, 0.3) is 0 Å². The highest BCUT2D eigenvalue weighted by Gasteiger charge is 2.61. The largest absolute Gasteiger partial charge is 0.493 e. The number of ether oxygens (including phenoxy) is 2. The number of benzene rings is 1. The standard InChI is InChI=1S/C22H25F3O4/c1-28-16-4-3-15(8-17(16)29-2)19(26)18(20(27)22(23,24)25)21-9-12-5-13(10-21)7-14(6-12)11-21/h3-4,8,12-14,18H,5-7,9-11H2,1-2H3/t12?,13?,14?,18-,21?/m0/s1. The predicted octanol–water partition coefficient (Wildman–Crippen LogP) is 4.85. The van der Waals surface area contributed by atoms with Crippen molar-refractivity contribution < 1.29 is 32.2 Å². The molecule has 7 heteroatoms. The molecule has 0 heterocycles. The number of hydrogen-bond acceptors (Lipinski definition) is 4. The van der Waals surface area contributed by atoms with Crippen LogP contribution in [0.15, 0.2) is 18.2 Å². The van der Waals surface area contributed by atoms with Crippen molar-refractivity contribution >= 4 is 11.6 Å². The van der Waals surface area contributed by atoms with E-state index in [2.05, 4.69) is 0 Å². The Morgan fingerprint density at radius 1 is 0.966 bits per heavy atom. The zero-order valence-corrected chi connectivity index (χ0v) is 16.6. The summed E-state index contributed by atoms with van der Waals surface area (Å²) in [6, 6.07) is 4.28. The van der Waals surface area contributed by atoms with E-state index in [-0.39, 0.29) is 11.3 Å². The van der Waals surface area contributed by atoms with Gasteiger partial charge in [-0.1, -0.05) is 0 Å². The van der Waals surface area contributed by atoms with Crippen LogP contribution in [0.5, 0.6) is 11.5 Å². The van der Waals surface area contributed by atoms with E-state index in [1.165, 1.54) is 32.4 Å². The summed E-state index contributed by atoms with van der Waals surface area (Å²) in [4.78, 5) is 26.0. The molecule has 0 amide bonds. The van der Waals surface area contributed by atoms with Crippen LogP contribution in [0, 0.1) is 29.1 Å². The molecule has 29 heavy (non-hydrogen) atoms. The van der Waals surface area contributed by atoms with Gasteiger partial charge in [0.15, 0.2) is 17.3 Å². The van der Waals surface area contributed by atoms with Gasteiger partial charge in [0.1, 0.15) is 0 Å². The normalized spacial score (nSPS) is 31.4. The molecule has 0 N–H and O–H groups in total. The minimum atomic E-state index is -5.04. The Bertz CT molecular complexity index is 795. The molecule has 4 bridgehead atoms. The maximum absolute atomic E-state index is 13.6. The third-order valence-electron chi connectivity index (χ3n) is 7.17. The van der Waals surface area contributed by atoms with Crippen LogP contribution in [0.3, 0.4) is 0 Å². The molecule has 0 aliphatic heterocycles. The number of rotatable bonds is 6. The minimum Gasteiger partial charge on any atom is -0.493 e. The molecular formula is C22H25F3O4. The van der Waals surface area contributed by atoms with Gasteiger partial charge in [0.2, 0.25) is 5.78 Å². The second-order valence-electron chi connectivity index (χ2n) is 9.01. The van der Waals surface area contributed by atoms with Crippen LogP contribution in [0.1, 0.15) is 48.9 Å². The number of alkyl halides is 3. The van der Waals surface area contributed by atoms with Gasteiger partial charge in [-0.2, -0.15) is 13.2 Å². The van der Waals surface area contributed by atoms with Gasteiger partial charge < -0.3 is 9.47 Å². The smallest absolute Gasteiger partial charge is 0.450 e. The Hall–Kier alpha value is -2.05. The van der Waals surface area contributed by atoms with Crippen LogP contribution in [-0.2, 0) is 4.79 Å². The van der Waals surface area contributed by atoms with Crippen molar-refractivity contribution in [3.8, 4) is 11.5 Å². The molecule has 4 aliphatic carbocycles. The van der Waals surface area contributed by atoms with Crippen LogP contribution in [0.4, 0.5) is 13.2 Å². The van der Waals surface area contributed by atoms with E-state index >= 15 is 0 Å². The van der Waals surface area contributed by atoms with E-state index in [9.17, 15) is 22.8 Å². The van der Waals surface area contributed by atoms with Crippen molar-refractivity contribution in [2.24, 2.45) is 29.1 Å². The van der Waals surface area contributed by atoms with Gasteiger partial charge in [-0.15, -0.1) is 0 Å². The van der Waals surface area contributed by atoms with Crippen molar-refractivity contribution in [3.05, 3.63) is 23.8 Å². The van der Waals surface area contributed by atoms with Gasteiger partial charge in [-0.25, -0.2) is 0 Å². The summed E-state index contributed by atoms with van der Waals surface area (Å²) in [7, 11) is 2.83. The summed E-state index contributed by atoms with van der Waals surface area (Å²) < 4.78 is 51.1. The fourth-order valence-corrected chi connectivity index (χ4v) is 6.53. The summed E-state index contributed by atoms with van der Waals surface area (Å²) >= 11 is 0. The van der Waals surface area contributed by atoms with E-state index < -0.39 is 29.1 Å². The fraction of sp³-hybridized carbons (Fsp3) is 0.636. The van der Waals surface area contributed by atoms with Crippen molar-refractivity contribution in [1.82, 2.24) is 0 Å². The van der Waals surface area contributed by atoms with Crippen LogP contribution in [-0.4, -0.2) is 32.0 Å². The number of carbonyl (C=O) groups is 2. The summed E-state index contributed by atoms with van der Waals surface area (Å²) in [5.41, 5.74) is -0.827. The highest BCUT2D eigenvalue weighted by Crippen LogP contribution is 2.63. The average molecular weight is 410 g/mol. The van der Waals surface area contributed by atoms with Gasteiger partial charge in [0.25, 0.3) is 0 Å². The first-order chi connectivity index (χ1) is 13.7. The lowest BCUT2D eigenvalue weighted by Crippen LogP contribution is -2.55. The zero-order valence-electron chi connectivity index (χ0n) is 16.6. The Morgan fingerprint density at radius 2 is 1.48 bits per heavy atom. The van der Waals surface area contributed by atoms with E-state index in [1.54, 1.807) is 0 Å². The molecule has 4 nitrogen and oxygen atoms in total. The van der Waals surface area contributed by atoms with Crippen molar-refractivity contribution in [2.75, 3.05) is 14.2 Å². The van der Waals surface area contributed by atoms with E-state index in [0.717, 1.165) is 19.3 Å². The highest BCUT2D eigenvalue weighted by molar-refractivity contribution is 6.13. The summed E-state index contributed by atoms with van der Waals surface area (Å²) in [6.07, 6.45) is -0.413. The van der Waals surface area contributed by atoms with E-state index in [4.69, 9.17) is 9.47 Å². The second-order valence-corrected chi connectivity index (χ2v) is 9.01. The van der Waals surface area contributed by atoms with Gasteiger partial charge >= 0.3 is 6.18 Å². The molecule has 4 aliphatic rings. The Kier molecular flexibility index (Phi) is 4.90. The predicted molar refractivity (Wildman–Crippen MR) is 99.0 cm³/mol. The first-order valence-corrected chi connectivity index (χ1v) is 10.0. The van der Waals surface area contributed by atoms with Crippen LogP contribution >= 0.6 is 0 Å². The van der Waals surface area contributed by atoms with Gasteiger partial charge in [0.05, 0.1) is 20.1 Å². The fourth-order valence-electron chi connectivity index (χ4n) is 6.53. The SMILES string of the molecule is COc1ccc(C(=O)[C@@H](C(=O)C(F)(F)F)C23CC4CC(CC(C4)C2)C3)cc1OC. The molecule has 4 fully saturated rings. The summed E-state index contributed by atoms with van der Waals surface area (Å²) in [6.45, 7) is 0. The lowest BCUT2D eigenvalue weighted by Gasteiger charge is -2.58. The van der Waals surface area contributed by atoms with E-state index in [0.29, 0.717) is 42.8 Å². The topological polar surface area (TPSA) is 52.6 Å². The van der Waals surface area contributed by atoms with Gasteiger partial charge in [-0.05, 0) is 79.9 Å². The molecule has 0 radical (unpaired) electrons. The Morgan fingerprint density at radius 3 is 1.93 bits per heavy atom. The lowest BCUT2D eigenvalue weighted by molar-refractivity contribution is -0.183. The van der Waals surface area contributed by atoms with Crippen molar-refractivity contribution in [3.63, 3.8) is 0 Å². The van der Waals surface area contributed by atoms with Crippen molar-refractivity contribution in [2.45, 2.75) is 44.7 Å². The number of hydrogen-bond donors (Lipinski definition) is 0. The first kappa shape index (κ1) is 20.2. The van der Waals surface area contributed by atoms with E-state index in [1.807, 2.05) is 0 Å². The maximum atomic E-state index is 13.6. The molecule has 1 aromatic carbocycles. The third-order valence-corrected chi connectivity index (χ3v) is 7.17. The molecule has 4 saturated carbocycles. The molecule has 158 valence electrons. The summed E-state index contributed by atoms with van der Waals surface area (Å²) in [5, 5.41) is 0. The Balaban J connectivity index is 1.76. The van der Waals surface area contributed by atoms with Crippen LogP contribution < -0.4 is 9.47 Å². The molecule has 0 saturated heterocycles. The number of methoxy groups -OCH3 is 2. The monoisotopic (exact) mass is 410 g/mol. The lowest BCUT2D eigenvalue weighted by atomic mass is 9.45. The molecule has 5 rings (SSSR count). The number of halogens is 3. The molecule has 0 unspecified atom stereocenters. The molecular weight excluding hydrogens is 385 g/mol. The molecule has 0 aromatic heterocycles. The van der Waals surface area contributed by atoms with Crippen LogP contribution in [0.2, 0.25) is 0 Å². The second kappa shape index (κ2) is 7.03. The number of carbonyl (C=O) groups excluding carboxylic acids is 2. The number of ketones is 2. The highest BCUT2D eigenvalue weighted by atomic mass is 19.4. The first-order valence-electron chi connectivity index (χ1n) is 10.0. The van der Waals surface area contributed by atoms with Gasteiger partial charge in [-0.3, -0.25) is 9.59 Å². The molecule has 0 spiro atoms. The Labute approximate surface area is 167 Å². The number of Topliss-reactive ketones (excluding diaryl/α,β-unsaturated/α-hetero) is 2.